The second-order valence-corrected chi connectivity index (χ2v) is 8.02. The first kappa shape index (κ1) is 21.8. The average molecular weight is 438 g/mol. The summed E-state index contributed by atoms with van der Waals surface area (Å²) in [6.07, 6.45) is 2.35. The van der Waals surface area contributed by atoms with Crippen molar-refractivity contribution in [3.63, 3.8) is 0 Å². The number of carbonyl (C=O) groups excluding carboxylic acids is 1. The average Bonchev–Trinajstić information content (AvgIpc) is 3.21. The number of nitrogens with zero attached hydrogens (tertiary/aromatic N) is 3. The number of amides is 1. The highest BCUT2D eigenvalue weighted by atomic mass is 19.3. The van der Waals surface area contributed by atoms with Crippen LogP contribution < -0.4 is 10.1 Å². The van der Waals surface area contributed by atoms with Gasteiger partial charge in [-0.2, -0.15) is 5.26 Å². The van der Waals surface area contributed by atoms with Gasteiger partial charge in [-0.15, -0.1) is 0 Å². The van der Waals surface area contributed by atoms with E-state index in [4.69, 9.17) is 9.72 Å². The van der Waals surface area contributed by atoms with Crippen molar-refractivity contribution in [3.8, 4) is 11.8 Å². The molecule has 0 saturated carbocycles. The molecular formula is C24H24F2N4O2. The zero-order valence-electron chi connectivity index (χ0n) is 18.0. The van der Waals surface area contributed by atoms with E-state index in [-0.39, 0.29) is 31.8 Å². The molecule has 0 atom stereocenters. The summed E-state index contributed by atoms with van der Waals surface area (Å²) in [5.74, 6) is -2.42. The number of anilines is 1. The Bertz CT molecular complexity index is 1130. The van der Waals surface area contributed by atoms with Gasteiger partial charge in [0.25, 0.3) is 11.8 Å². The summed E-state index contributed by atoms with van der Waals surface area (Å²) in [6.45, 7) is 0.0842. The van der Waals surface area contributed by atoms with E-state index in [9.17, 15) is 18.8 Å². The molecule has 1 aliphatic carbocycles. The van der Waals surface area contributed by atoms with Crippen LogP contribution in [0.2, 0.25) is 0 Å². The van der Waals surface area contributed by atoms with Gasteiger partial charge in [0.2, 0.25) is 0 Å². The molecule has 1 saturated heterocycles. The van der Waals surface area contributed by atoms with Gasteiger partial charge in [-0.3, -0.25) is 9.78 Å². The van der Waals surface area contributed by atoms with E-state index in [1.165, 1.54) is 12.0 Å². The number of halogens is 2. The largest absolute Gasteiger partial charge is 0.496 e. The minimum absolute atomic E-state index is 0.0421. The van der Waals surface area contributed by atoms with Crippen molar-refractivity contribution >= 4 is 17.2 Å². The molecular weight excluding hydrogens is 414 g/mol. The summed E-state index contributed by atoms with van der Waals surface area (Å²) in [5.41, 5.74) is 5.26. The van der Waals surface area contributed by atoms with E-state index in [2.05, 4.69) is 11.4 Å². The van der Waals surface area contributed by atoms with Crippen LogP contribution in [0, 0.1) is 11.3 Å². The fourth-order valence-corrected chi connectivity index (χ4v) is 4.23. The number of hydrogen-bond acceptors (Lipinski definition) is 5. The van der Waals surface area contributed by atoms with Crippen LogP contribution in [0.25, 0.3) is 5.57 Å². The first-order valence-corrected chi connectivity index (χ1v) is 10.5. The third kappa shape index (κ3) is 4.15. The van der Waals surface area contributed by atoms with E-state index >= 15 is 0 Å². The van der Waals surface area contributed by atoms with Crippen molar-refractivity contribution < 1.29 is 18.3 Å². The minimum Gasteiger partial charge on any atom is -0.496 e. The number of alkyl halides is 2. The van der Waals surface area contributed by atoms with E-state index in [0.29, 0.717) is 29.7 Å². The fraction of sp³-hybridized carbons (Fsp3) is 0.375. The molecule has 4 rings (SSSR count). The molecule has 166 valence electrons. The number of hydrogen-bond donors (Lipinski definition) is 1. The molecule has 8 heteroatoms. The third-order valence-corrected chi connectivity index (χ3v) is 5.99. The Kier molecular flexibility index (Phi) is 5.83. The smallest absolute Gasteiger partial charge is 0.253 e. The van der Waals surface area contributed by atoms with Gasteiger partial charge in [-0.05, 0) is 18.2 Å². The van der Waals surface area contributed by atoms with Crippen LogP contribution in [0.3, 0.4) is 0 Å². The number of allylic oxidation sites excluding steroid dienone is 2. The lowest BCUT2D eigenvalue weighted by molar-refractivity contribution is -0.0494. The summed E-state index contributed by atoms with van der Waals surface area (Å²) in [6, 6.07) is 9.31. The molecule has 2 heterocycles. The summed E-state index contributed by atoms with van der Waals surface area (Å²) in [7, 11) is 3.34. The van der Waals surface area contributed by atoms with Crippen molar-refractivity contribution in [1.82, 2.24) is 9.88 Å². The Morgan fingerprint density at radius 1 is 1.31 bits per heavy atom. The van der Waals surface area contributed by atoms with Crippen LogP contribution in [-0.2, 0) is 12.8 Å². The number of nitrogens with one attached hydrogen (secondary N) is 1. The number of benzene rings is 1. The van der Waals surface area contributed by atoms with Gasteiger partial charge in [-0.1, -0.05) is 12.1 Å². The summed E-state index contributed by atoms with van der Waals surface area (Å²) < 4.78 is 32.4. The van der Waals surface area contributed by atoms with E-state index < -0.39 is 5.92 Å². The number of nitriles is 1. The van der Waals surface area contributed by atoms with Crippen molar-refractivity contribution in [2.75, 3.05) is 32.6 Å². The molecule has 1 aromatic heterocycles. The maximum atomic E-state index is 13.4. The molecule has 1 N–H and O–H groups in total. The van der Waals surface area contributed by atoms with Gasteiger partial charge in [0.05, 0.1) is 24.4 Å². The molecule has 1 amide bonds. The molecule has 0 radical (unpaired) electrons. The Hall–Kier alpha value is -3.47. The highest BCUT2D eigenvalue weighted by Gasteiger charge is 2.35. The van der Waals surface area contributed by atoms with Crippen molar-refractivity contribution in [2.24, 2.45) is 0 Å². The number of methoxy groups -OCH3 is 1. The van der Waals surface area contributed by atoms with Gasteiger partial charge >= 0.3 is 0 Å². The summed E-state index contributed by atoms with van der Waals surface area (Å²) in [5, 5.41) is 12.5. The Morgan fingerprint density at radius 2 is 2.06 bits per heavy atom. The minimum atomic E-state index is -2.70. The van der Waals surface area contributed by atoms with Crippen LogP contribution >= 0.6 is 0 Å². The number of pyridine rings is 1. The van der Waals surface area contributed by atoms with Crippen LogP contribution in [0.5, 0.6) is 5.75 Å². The Balaban J connectivity index is 1.56. The fourth-order valence-electron chi connectivity index (χ4n) is 4.23. The second-order valence-electron chi connectivity index (χ2n) is 8.02. The molecule has 0 bridgehead atoms. The number of ether oxygens (including phenoxy) is 1. The highest BCUT2D eigenvalue weighted by molar-refractivity contribution is 5.95. The normalized spacial score (nSPS) is 16.7. The molecule has 32 heavy (non-hydrogen) atoms. The van der Waals surface area contributed by atoms with Gasteiger partial charge in [0, 0.05) is 73.9 Å². The van der Waals surface area contributed by atoms with Gasteiger partial charge in [-0.25, -0.2) is 8.78 Å². The SMILES string of the molecule is CNc1cc(Cc2ccc(C(=O)N3CCC(F)(F)CC3)cc2OC)nc2c1C(C#N)=CC2. The lowest BCUT2D eigenvalue weighted by Crippen LogP contribution is -2.42. The highest BCUT2D eigenvalue weighted by Crippen LogP contribution is 2.34. The molecule has 2 aliphatic rings. The van der Waals surface area contributed by atoms with Gasteiger partial charge < -0.3 is 15.0 Å². The number of aromatic nitrogens is 1. The number of likely N-dealkylation sites (tertiary alicyclic amines) is 1. The lowest BCUT2D eigenvalue weighted by atomic mass is 10.0. The van der Waals surface area contributed by atoms with Gasteiger partial charge in [0.15, 0.2) is 0 Å². The number of rotatable bonds is 5. The first-order valence-electron chi connectivity index (χ1n) is 10.5. The van der Waals surface area contributed by atoms with Crippen LogP contribution in [-0.4, -0.2) is 49.0 Å². The number of fused-ring (bicyclic) bond motifs is 1. The maximum absolute atomic E-state index is 13.4. The monoisotopic (exact) mass is 438 g/mol. The lowest BCUT2D eigenvalue weighted by Gasteiger charge is -2.31. The van der Waals surface area contributed by atoms with E-state index in [0.717, 1.165) is 28.2 Å². The maximum Gasteiger partial charge on any atom is 0.253 e. The van der Waals surface area contributed by atoms with Crippen LogP contribution in [0.15, 0.2) is 30.3 Å². The summed E-state index contributed by atoms with van der Waals surface area (Å²) in [4.78, 5) is 19.0. The molecule has 1 aromatic carbocycles. The predicted molar refractivity (Wildman–Crippen MR) is 117 cm³/mol. The first-order chi connectivity index (χ1) is 15.3. The molecule has 6 nitrogen and oxygen atoms in total. The van der Waals surface area contributed by atoms with Crippen LogP contribution in [0.4, 0.5) is 14.5 Å². The van der Waals surface area contributed by atoms with Crippen LogP contribution in [0.1, 0.15) is 45.7 Å². The zero-order valence-corrected chi connectivity index (χ0v) is 18.0. The zero-order chi connectivity index (χ0) is 22.9. The molecule has 1 aliphatic heterocycles. The Morgan fingerprint density at radius 3 is 2.72 bits per heavy atom. The quantitative estimate of drug-likeness (QED) is 0.762. The standard InChI is InChI=1S/C24H24F2N4O2/c1-28-20-13-18(29-19-6-5-17(14-27)22(19)20)11-15-3-4-16(12-21(15)32-2)23(31)30-9-7-24(25,26)8-10-30/h3-5,12-13H,6-11H2,1-2H3,(H,28,29). The van der Waals surface area contributed by atoms with Crippen molar-refractivity contribution in [2.45, 2.75) is 31.6 Å². The molecule has 0 unspecified atom stereocenters. The third-order valence-electron chi connectivity index (χ3n) is 5.99. The topological polar surface area (TPSA) is 78.2 Å². The molecule has 1 fully saturated rings. The molecule has 2 aromatic rings. The van der Waals surface area contributed by atoms with Crippen molar-refractivity contribution in [3.05, 3.63) is 58.4 Å². The van der Waals surface area contributed by atoms with Gasteiger partial charge in [0.1, 0.15) is 5.75 Å². The Labute approximate surface area is 185 Å². The number of carbonyl (C=O) groups is 1. The van der Waals surface area contributed by atoms with E-state index in [1.54, 1.807) is 12.1 Å². The predicted octanol–water partition coefficient (Wildman–Crippen LogP) is 4.06. The summed E-state index contributed by atoms with van der Waals surface area (Å²) >= 11 is 0. The second kappa shape index (κ2) is 8.58. The van der Waals surface area contributed by atoms with Crippen molar-refractivity contribution in [1.29, 1.82) is 5.26 Å². The van der Waals surface area contributed by atoms with E-state index in [1.807, 2.05) is 25.3 Å². The molecule has 0 spiro atoms. The number of piperidine rings is 1.